The molecule has 0 spiro atoms. The molecule has 3 aromatic rings. The fourth-order valence-electron chi connectivity index (χ4n) is 3.22. The van der Waals surface area contributed by atoms with Crippen LogP contribution in [0.25, 0.3) is 5.69 Å². The van der Waals surface area contributed by atoms with Gasteiger partial charge in [0.05, 0.1) is 41.0 Å². The number of furan rings is 1. The Hall–Kier alpha value is -3.89. The second-order valence-electron chi connectivity index (χ2n) is 7.33. The van der Waals surface area contributed by atoms with Crippen LogP contribution in [0.2, 0.25) is 0 Å². The number of benzene rings is 1. The smallest absolute Gasteiger partial charge is 0.416 e. The van der Waals surface area contributed by atoms with Crippen LogP contribution in [0.4, 0.5) is 13.2 Å². The first-order chi connectivity index (χ1) is 15.5. The standard InChI is InChI=1S/C22H21F3N4O4/c1-12-18(14(3)29(28-12)16-7-4-6-15(10-16)22(23,24)25)19(30)21(32)27-13(2)20(31)26-11-17-8-5-9-33-17/h4-10,13H,11H2,1-3H3,(H,26,31)(H,27,32). The van der Waals surface area contributed by atoms with Crippen LogP contribution in [0.5, 0.6) is 0 Å². The highest BCUT2D eigenvalue weighted by Crippen LogP contribution is 2.31. The van der Waals surface area contributed by atoms with Crippen molar-refractivity contribution in [2.75, 3.05) is 0 Å². The van der Waals surface area contributed by atoms with E-state index in [0.717, 1.165) is 12.1 Å². The normalized spacial score (nSPS) is 12.3. The Bertz CT molecular complexity index is 1180. The molecule has 0 radical (unpaired) electrons. The quantitative estimate of drug-likeness (QED) is 0.415. The van der Waals surface area contributed by atoms with Gasteiger partial charge < -0.3 is 15.1 Å². The van der Waals surface area contributed by atoms with Crippen molar-refractivity contribution in [3.8, 4) is 5.69 Å². The second-order valence-corrected chi connectivity index (χ2v) is 7.33. The molecule has 0 aliphatic heterocycles. The van der Waals surface area contributed by atoms with Gasteiger partial charge in [-0.05, 0) is 51.1 Å². The minimum Gasteiger partial charge on any atom is -0.467 e. The molecule has 8 nitrogen and oxygen atoms in total. The summed E-state index contributed by atoms with van der Waals surface area (Å²) in [6.45, 7) is 4.47. The summed E-state index contributed by atoms with van der Waals surface area (Å²) in [7, 11) is 0. The summed E-state index contributed by atoms with van der Waals surface area (Å²) in [6, 6.07) is 6.78. The number of amides is 2. The molecule has 2 aromatic heterocycles. The average Bonchev–Trinajstić information content (AvgIpc) is 3.38. The third-order valence-corrected chi connectivity index (χ3v) is 4.90. The van der Waals surface area contributed by atoms with E-state index in [9.17, 15) is 27.6 Å². The molecule has 3 rings (SSSR count). The van der Waals surface area contributed by atoms with Crippen LogP contribution in [0.15, 0.2) is 47.1 Å². The maximum atomic E-state index is 13.0. The number of Topliss-reactive ketones (excluding diaryl/α,β-unsaturated/α-hetero) is 1. The first-order valence-corrected chi connectivity index (χ1v) is 9.88. The van der Waals surface area contributed by atoms with Crippen molar-refractivity contribution < 1.29 is 32.0 Å². The molecule has 33 heavy (non-hydrogen) atoms. The highest BCUT2D eigenvalue weighted by Gasteiger charge is 2.31. The van der Waals surface area contributed by atoms with Gasteiger partial charge >= 0.3 is 6.18 Å². The first kappa shape index (κ1) is 23.8. The summed E-state index contributed by atoms with van der Waals surface area (Å²) >= 11 is 0. The van der Waals surface area contributed by atoms with E-state index in [1.54, 1.807) is 12.1 Å². The average molecular weight is 462 g/mol. The number of alkyl halides is 3. The molecule has 0 saturated carbocycles. The molecule has 1 unspecified atom stereocenters. The number of aromatic nitrogens is 2. The van der Waals surface area contributed by atoms with Crippen LogP contribution in [-0.2, 0) is 22.3 Å². The molecule has 0 fully saturated rings. The summed E-state index contributed by atoms with van der Waals surface area (Å²) in [5.74, 6) is -1.99. The van der Waals surface area contributed by atoms with Gasteiger partial charge in [0.25, 0.3) is 11.7 Å². The van der Waals surface area contributed by atoms with Gasteiger partial charge in [0, 0.05) is 0 Å². The van der Waals surface area contributed by atoms with Gasteiger partial charge in [-0.2, -0.15) is 18.3 Å². The lowest BCUT2D eigenvalue weighted by atomic mass is 10.1. The highest BCUT2D eigenvalue weighted by atomic mass is 19.4. The number of nitrogens with one attached hydrogen (secondary N) is 2. The summed E-state index contributed by atoms with van der Waals surface area (Å²) in [5.41, 5.74) is -0.460. The van der Waals surface area contributed by atoms with E-state index in [2.05, 4.69) is 15.7 Å². The third-order valence-electron chi connectivity index (χ3n) is 4.90. The largest absolute Gasteiger partial charge is 0.467 e. The number of halogens is 3. The first-order valence-electron chi connectivity index (χ1n) is 9.88. The number of carbonyl (C=O) groups is 3. The Balaban J connectivity index is 1.74. The fourth-order valence-corrected chi connectivity index (χ4v) is 3.22. The number of carbonyl (C=O) groups excluding carboxylic acids is 3. The minimum atomic E-state index is -4.54. The van der Waals surface area contributed by atoms with Gasteiger partial charge in [-0.3, -0.25) is 14.4 Å². The number of rotatable bonds is 7. The van der Waals surface area contributed by atoms with Gasteiger partial charge in [-0.1, -0.05) is 6.07 Å². The SMILES string of the molecule is Cc1nn(-c2cccc(C(F)(F)F)c2)c(C)c1C(=O)C(=O)NC(C)C(=O)NCc1ccco1. The van der Waals surface area contributed by atoms with E-state index < -0.39 is 35.4 Å². The Morgan fingerprint density at radius 1 is 1.15 bits per heavy atom. The summed E-state index contributed by atoms with van der Waals surface area (Å²) in [4.78, 5) is 37.4. The van der Waals surface area contributed by atoms with E-state index in [1.807, 2.05) is 0 Å². The van der Waals surface area contributed by atoms with Crippen molar-refractivity contribution in [3.63, 3.8) is 0 Å². The van der Waals surface area contributed by atoms with E-state index >= 15 is 0 Å². The number of hydrogen-bond acceptors (Lipinski definition) is 5. The molecule has 0 aliphatic rings. The maximum absolute atomic E-state index is 13.0. The zero-order chi connectivity index (χ0) is 24.3. The summed E-state index contributed by atoms with van der Waals surface area (Å²) in [6.07, 6.45) is -3.09. The molecule has 2 amide bonds. The molecule has 2 N–H and O–H groups in total. The minimum absolute atomic E-state index is 0.0481. The Morgan fingerprint density at radius 3 is 2.52 bits per heavy atom. The van der Waals surface area contributed by atoms with Gasteiger partial charge in [0.1, 0.15) is 11.8 Å². The van der Waals surface area contributed by atoms with Crippen LogP contribution >= 0.6 is 0 Å². The topological polar surface area (TPSA) is 106 Å². The van der Waals surface area contributed by atoms with E-state index in [1.165, 1.54) is 43.8 Å². The van der Waals surface area contributed by atoms with Gasteiger partial charge in [0.2, 0.25) is 5.91 Å². The van der Waals surface area contributed by atoms with Crippen molar-refractivity contribution in [3.05, 3.63) is 70.9 Å². The van der Waals surface area contributed by atoms with Crippen molar-refractivity contribution in [1.29, 1.82) is 0 Å². The van der Waals surface area contributed by atoms with Crippen molar-refractivity contribution in [2.45, 2.75) is 39.5 Å². The van der Waals surface area contributed by atoms with E-state index in [4.69, 9.17) is 4.42 Å². The van der Waals surface area contributed by atoms with Gasteiger partial charge in [-0.25, -0.2) is 4.68 Å². The zero-order valence-corrected chi connectivity index (χ0v) is 18.0. The predicted octanol–water partition coefficient (Wildman–Crippen LogP) is 3.10. The van der Waals surface area contributed by atoms with Crippen LogP contribution in [-0.4, -0.2) is 33.4 Å². The number of ketones is 1. The van der Waals surface area contributed by atoms with Crippen LogP contribution in [0, 0.1) is 13.8 Å². The number of hydrogen-bond donors (Lipinski definition) is 2. The van der Waals surface area contributed by atoms with E-state index in [0.29, 0.717) is 5.76 Å². The van der Waals surface area contributed by atoms with Crippen LogP contribution in [0.3, 0.4) is 0 Å². The molecule has 0 aliphatic carbocycles. The van der Waals surface area contributed by atoms with Gasteiger partial charge in [-0.15, -0.1) is 0 Å². The Morgan fingerprint density at radius 2 is 1.88 bits per heavy atom. The molecule has 0 saturated heterocycles. The zero-order valence-electron chi connectivity index (χ0n) is 18.0. The molecule has 0 bridgehead atoms. The van der Waals surface area contributed by atoms with Crippen LogP contribution < -0.4 is 10.6 Å². The summed E-state index contributed by atoms with van der Waals surface area (Å²) in [5, 5.41) is 9.03. The van der Waals surface area contributed by atoms with Crippen LogP contribution in [0.1, 0.15) is 40.0 Å². The molecule has 1 atom stereocenters. The molecule has 1 aromatic carbocycles. The highest BCUT2D eigenvalue weighted by molar-refractivity contribution is 6.43. The lowest BCUT2D eigenvalue weighted by Gasteiger charge is -2.13. The number of nitrogens with zero attached hydrogens (tertiary/aromatic N) is 2. The lowest BCUT2D eigenvalue weighted by molar-refractivity contribution is -0.137. The lowest BCUT2D eigenvalue weighted by Crippen LogP contribution is -2.46. The third kappa shape index (κ3) is 5.30. The molecular weight excluding hydrogens is 441 g/mol. The Labute approximate surface area is 186 Å². The maximum Gasteiger partial charge on any atom is 0.416 e. The molecule has 11 heteroatoms. The fraction of sp³-hybridized carbons (Fsp3) is 0.273. The Kier molecular flexibility index (Phi) is 6.70. The van der Waals surface area contributed by atoms with Crippen molar-refractivity contribution in [1.82, 2.24) is 20.4 Å². The summed E-state index contributed by atoms with van der Waals surface area (Å²) < 4.78 is 45.4. The van der Waals surface area contributed by atoms with Gasteiger partial charge in [0.15, 0.2) is 0 Å². The van der Waals surface area contributed by atoms with Crippen molar-refractivity contribution in [2.24, 2.45) is 0 Å². The van der Waals surface area contributed by atoms with E-state index in [-0.39, 0.29) is 29.2 Å². The molecular formula is C22H21F3N4O4. The van der Waals surface area contributed by atoms with Crippen molar-refractivity contribution >= 4 is 17.6 Å². The molecule has 2 heterocycles. The second kappa shape index (κ2) is 9.31. The molecule has 174 valence electrons. The predicted molar refractivity (Wildman–Crippen MR) is 111 cm³/mol. The number of aryl methyl sites for hydroxylation is 1. The monoisotopic (exact) mass is 462 g/mol.